The van der Waals surface area contributed by atoms with Crippen molar-refractivity contribution in [3.8, 4) is 5.75 Å². The van der Waals surface area contributed by atoms with Crippen LogP contribution in [0.5, 0.6) is 5.75 Å². The van der Waals surface area contributed by atoms with Gasteiger partial charge in [0.05, 0.1) is 12.7 Å². The Morgan fingerprint density at radius 1 is 1.23 bits per heavy atom. The molecule has 3 heteroatoms. The number of ether oxygens (including phenoxy) is 2. The Balaban J connectivity index is 1.46. The fourth-order valence-corrected chi connectivity index (χ4v) is 2.91. The van der Waals surface area contributed by atoms with E-state index in [0.717, 1.165) is 32.1 Å². The van der Waals surface area contributed by atoms with Gasteiger partial charge in [-0.2, -0.15) is 0 Å². The number of rotatable bonds is 7. The van der Waals surface area contributed by atoms with Crippen molar-refractivity contribution < 1.29 is 9.47 Å². The summed E-state index contributed by atoms with van der Waals surface area (Å²) in [6, 6.07) is 14.6. The first kappa shape index (κ1) is 15.3. The molecule has 0 bridgehead atoms. The molecule has 22 heavy (non-hydrogen) atoms. The highest BCUT2D eigenvalue weighted by molar-refractivity contribution is 5.88. The van der Waals surface area contributed by atoms with Gasteiger partial charge < -0.3 is 14.8 Å². The maximum absolute atomic E-state index is 6.03. The lowest BCUT2D eigenvalue weighted by molar-refractivity contribution is 0.108. The van der Waals surface area contributed by atoms with E-state index >= 15 is 0 Å². The molecular formula is C19H25NO2. The van der Waals surface area contributed by atoms with Gasteiger partial charge in [0.1, 0.15) is 5.75 Å². The zero-order valence-electron chi connectivity index (χ0n) is 13.3. The van der Waals surface area contributed by atoms with E-state index in [1.54, 1.807) is 0 Å². The fourth-order valence-electron chi connectivity index (χ4n) is 2.91. The Morgan fingerprint density at radius 3 is 2.95 bits per heavy atom. The van der Waals surface area contributed by atoms with Gasteiger partial charge in [-0.25, -0.2) is 0 Å². The zero-order valence-corrected chi connectivity index (χ0v) is 13.3. The van der Waals surface area contributed by atoms with Crippen LogP contribution in [0.3, 0.4) is 0 Å². The molecule has 1 saturated heterocycles. The summed E-state index contributed by atoms with van der Waals surface area (Å²) in [5, 5.41) is 5.91. The minimum absolute atomic E-state index is 0.409. The van der Waals surface area contributed by atoms with Crippen LogP contribution in [0, 0.1) is 5.92 Å². The molecule has 118 valence electrons. The third-order valence-corrected chi connectivity index (χ3v) is 4.16. The average molecular weight is 299 g/mol. The molecule has 0 radical (unpaired) electrons. The van der Waals surface area contributed by atoms with Crippen LogP contribution in [0.2, 0.25) is 0 Å². The summed E-state index contributed by atoms with van der Waals surface area (Å²) < 4.78 is 11.7. The summed E-state index contributed by atoms with van der Waals surface area (Å²) in [7, 11) is 0. The van der Waals surface area contributed by atoms with E-state index in [4.69, 9.17) is 9.47 Å². The molecule has 0 unspecified atom stereocenters. The monoisotopic (exact) mass is 299 g/mol. The smallest absolute Gasteiger partial charge is 0.127 e. The second-order valence-electron chi connectivity index (χ2n) is 6.19. The fraction of sp³-hybridized carbons (Fsp3) is 0.474. The first-order valence-corrected chi connectivity index (χ1v) is 8.26. The third-order valence-electron chi connectivity index (χ3n) is 4.16. The summed E-state index contributed by atoms with van der Waals surface area (Å²) in [6.07, 6.45) is 2.80. The predicted octanol–water partition coefficient (Wildman–Crippen LogP) is 3.62. The van der Waals surface area contributed by atoms with Gasteiger partial charge in [-0.05, 0) is 24.3 Å². The third kappa shape index (κ3) is 3.99. The van der Waals surface area contributed by atoms with Crippen LogP contribution >= 0.6 is 0 Å². The lowest BCUT2D eigenvalue weighted by Crippen LogP contribution is -2.31. The molecule has 0 amide bonds. The molecule has 2 atom stereocenters. The van der Waals surface area contributed by atoms with Crippen molar-refractivity contribution in [3.05, 3.63) is 42.5 Å². The van der Waals surface area contributed by atoms with E-state index in [0.29, 0.717) is 12.0 Å². The Kier molecular flexibility index (Phi) is 5.30. The van der Waals surface area contributed by atoms with Gasteiger partial charge in [-0.15, -0.1) is 0 Å². The maximum atomic E-state index is 6.03. The van der Waals surface area contributed by atoms with Crippen molar-refractivity contribution in [2.24, 2.45) is 5.92 Å². The zero-order chi connectivity index (χ0) is 15.2. The van der Waals surface area contributed by atoms with Gasteiger partial charge >= 0.3 is 0 Å². The van der Waals surface area contributed by atoms with Gasteiger partial charge in [0.25, 0.3) is 0 Å². The van der Waals surface area contributed by atoms with Crippen molar-refractivity contribution in [3.63, 3.8) is 0 Å². The highest BCUT2D eigenvalue weighted by Crippen LogP contribution is 2.25. The van der Waals surface area contributed by atoms with E-state index in [1.165, 1.54) is 23.6 Å². The highest BCUT2D eigenvalue weighted by Gasteiger charge is 2.15. The second-order valence-corrected chi connectivity index (χ2v) is 6.19. The molecule has 0 spiro atoms. The molecule has 0 saturated carbocycles. The van der Waals surface area contributed by atoms with Gasteiger partial charge in [0, 0.05) is 31.0 Å². The van der Waals surface area contributed by atoms with Gasteiger partial charge in [-0.3, -0.25) is 0 Å². The molecule has 1 fully saturated rings. The summed E-state index contributed by atoms with van der Waals surface area (Å²) in [5.74, 6) is 1.45. The highest BCUT2D eigenvalue weighted by atomic mass is 16.5. The molecule has 2 aromatic rings. The van der Waals surface area contributed by atoms with Crippen LogP contribution in [0.15, 0.2) is 42.5 Å². The first-order chi connectivity index (χ1) is 10.8. The molecule has 1 aliphatic rings. The van der Waals surface area contributed by atoms with E-state index in [2.05, 4.69) is 54.7 Å². The van der Waals surface area contributed by atoms with Crippen molar-refractivity contribution in [2.45, 2.75) is 25.9 Å². The average Bonchev–Trinajstić information content (AvgIpc) is 3.06. The van der Waals surface area contributed by atoms with Crippen LogP contribution in [0.4, 0.5) is 0 Å². The minimum Gasteiger partial charge on any atom is -0.493 e. The van der Waals surface area contributed by atoms with Gasteiger partial charge in [-0.1, -0.05) is 43.3 Å². The molecule has 1 N–H and O–H groups in total. The lowest BCUT2D eigenvalue weighted by atomic mass is 10.1. The maximum Gasteiger partial charge on any atom is 0.127 e. The number of hydrogen-bond acceptors (Lipinski definition) is 3. The van der Waals surface area contributed by atoms with Crippen LogP contribution in [0.1, 0.15) is 19.8 Å². The van der Waals surface area contributed by atoms with Crippen molar-refractivity contribution >= 4 is 10.8 Å². The van der Waals surface area contributed by atoms with Crippen molar-refractivity contribution in [2.75, 3.05) is 26.3 Å². The number of fused-ring (bicyclic) bond motifs is 1. The standard InChI is InChI=1S/C19H25NO2/c1-15(12-20-13-17-8-5-11-21-17)14-22-19-10-4-7-16-6-2-3-9-18(16)19/h2-4,6-7,9-10,15,17,20H,5,8,11-14H2,1H3/t15-,17-/m1/s1. The van der Waals surface area contributed by atoms with Gasteiger partial charge in [0.2, 0.25) is 0 Å². The summed E-state index contributed by atoms with van der Waals surface area (Å²) in [4.78, 5) is 0. The normalized spacial score (nSPS) is 19.4. The Labute approximate surface area is 132 Å². The van der Waals surface area contributed by atoms with E-state index in [1.807, 2.05) is 0 Å². The summed E-state index contributed by atoms with van der Waals surface area (Å²) >= 11 is 0. The largest absolute Gasteiger partial charge is 0.493 e. The molecule has 0 aliphatic carbocycles. The number of nitrogens with one attached hydrogen (secondary N) is 1. The number of benzene rings is 2. The van der Waals surface area contributed by atoms with E-state index in [9.17, 15) is 0 Å². The van der Waals surface area contributed by atoms with Crippen LogP contribution < -0.4 is 10.1 Å². The predicted molar refractivity (Wildman–Crippen MR) is 90.5 cm³/mol. The van der Waals surface area contributed by atoms with E-state index < -0.39 is 0 Å². The Hall–Kier alpha value is -1.58. The van der Waals surface area contributed by atoms with Crippen molar-refractivity contribution in [1.82, 2.24) is 5.32 Å². The Bertz CT molecular complexity index is 588. The molecule has 3 nitrogen and oxygen atoms in total. The summed E-state index contributed by atoms with van der Waals surface area (Å²) in [5.41, 5.74) is 0. The van der Waals surface area contributed by atoms with Crippen LogP contribution in [-0.4, -0.2) is 32.4 Å². The molecular weight excluding hydrogens is 274 g/mol. The Morgan fingerprint density at radius 2 is 2.09 bits per heavy atom. The second kappa shape index (κ2) is 7.61. The van der Waals surface area contributed by atoms with E-state index in [-0.39, 0.29) is 0 Å². The quantitative estimate of drug-likeness (QED) is 0.847. The topological polar surface area (TPSA) is 30.5 Å². The number of hydrogen-bond donors (Lipinski definition) is 1. The lowest BCUT2D eigenvalue weighted by Gasteiger charge is -2.16. The van der Waals surface area contributed by atoms with Crippen molar-refractivity contribution in [1.29, 1.82) is 0 Å². The molecule has 3 rings (SSSR count). The summed E-state index contributed by atoms with van der Waals surface area (Å²) in [6.45, 7) is 5.79. The first-order valence-electron chi connectivity index (χ1n) is 8.26. The SMILES string of the molecule is C[C@H](CNC[C@H]1CCCO1)COc1cccc2ccccc12. The molecule has 0 aromatic heterocycles. The minimum atomic E-state index is 0.409. The van der Waals surface area contributed by atoms with Crippen LogP contribution in [0.25, 0.3) is 10.8 Å². The van der Waals surface area contributed by atoms with Gasteiger partial charge in [0.15, 0.2) is 0 Å². The van der Waals surface area contributed by atoms with Crippen LogP contribution in [-0.2, 0) is 4.74 Å². The molecule has 2 aromatic carbocycles. The molecule has 1 aliphatic heterocycles. The molecule has 1 heterocycles.